The molecule has 4 heterocycles. The van der Waals surface area contributed by atoms with Crippen LogP contribution in [-0.2, 0) is 10.3 Å². The fraction of sp³-hybridized carbons (Fsp3) is 0.364. The van der Waals surface area contributed by atoms with E-state index in [-0.39, 0.29) is 12.5 Å². The van der Waals surface area contributed by atoms with Crippen molar-refractivity contribution < 1.29 is 14.4 Å². The lowest BCUT2D eigenvalue weighted by Crippen LogP contribution is -2.62. The summed E-state index contributed by atoms with van der Waals surface area (Å²) in [6.45, 7) is 4.67. The number of nitrogens with two attached hydrogens (primary N) is 1. The van der Waals surface area contributed by atoms with Gasteiger partial charge in [-0.2, -0.15) is 11.3 Å². The number of aryl methyl sites for hydroxylation is 2. The molecule has 156 valence electrons. The summed E-state index contributed by atoms with van der Waals surface area (Å²) < 4.78 is 5.37. The Kier molecular flexibility index (Phi) is 4.37. The second kappa shape index (κ2) is 6.75. The topological polar surface area (TPSA) is 105 Å². The van der Waals surface area contributed by atoms with Crippen molar-refractivity contribution in [2.75, 3.05) is 18.4 Å². The Bertz CT molecular complexity index is 1100. The first-order chi connectivity index (χ1) is 14.3. The van der Waals surface area contributed by atoms with E-state index in [0.29, 0.717) is 19.4 Å². The Hall–Kier alpha value is -2.52. The Morgan fingerprint density at radius 1 is 1.33 bits per heavy atom. The Morgan fingerprint density at radius 2 is 2.17 bits per heavy atom. The number of carbonyl (C=O) groups is 1. The number of aromatic nitrogens is 1. The van der Waals surface area contributed by atoms with Crippen molar-refractivity contribution >= 4 is 22.9 Å². The van der Waals surface area contributed by atoms with Gasteiger partial charge in [-0.15, -0.1) is 0 Å². The van der Waals surface area contributed by atoms with Crippen molar-refractivity contribution in [3.05, 3.63) is 57.6 Å². The summed E-state index contributed by atoms with van der Waals surface area (Å²) >= 11 is 1.55. The summed E-state index contributed by atoms with van der Waals surface area (Å²) in [5.41, 5.74) is 8.96. The third kappa shape index (κ3) is 2.75. The van der Waals surface area contributed by atoms with Crippen LogP contribution in [0.5, 0.6) is 0 Å². The number of fused-ring (bicyclic) bond motifs is 1. The normalized spacial score (nSPS) is 26.6. The van der Waals surface area contributed by atoms with E-state index in [1.807, 2.05) is 53.8 Å². The molecule has 2 aliphatic heterocycles. The molecule has 8 heteroatoms. The van der Waals surface area contributed by atoms with Crippen molar-refractivity contribution in [1.29, 1.82) is 0 Å². The first kappa shape index (κ1) is 19.4. The first-order valence-electron chi connectivity index (χ1n) is 10.0. The lowest BCUT2D eigenvalue weighted by atomic mass is 9.80. The molecule has 5 rings (SSSR count). The highest BCUT2D eigenvalue weighted by Crippen LogP contribution is 2.48. The predicted octanol–water partition coefficient (Wildman–Crippen LogP) is 2.96. The molecule has 1 fully saturated rings. The smallest absolute Gasteiger partial charge is 0.254 e. The van der Waals surface area contributed by atoms with Crippen molar-refractivity contribution in [3.63, 3.8) is 0 Å². The molecule has 2 atom stereocenters. The molecule has 0 saturated carbocycles. The van der Waals surface area contributed by atoms with Gasteiger partial charge in [0.1, 0.15) is 11.5 Å². The van der Waals surface area contributed by atoms with Crippen molar-refractivity contribution in [2.45, 2.75) is 38.0 Å². The van der Waals surface area contributed by atoms with Crippen molar-refractivity contribution in [2.24, 2.45) is 5.73 Å². The number of benzene rings is 1. The van der Waals surface area contributed by atoms with Gasteiger partial charge in [0.05, 0.1) is 5.69 Å². The second-order valence-electron chi connectivity index (χ2n) is 8.26. The lowest BCUT2D eigenvalue weighted by molar-refractivity contribution is -0.130. The number of thiophene rings is 1. The van der Waals surface area contributed by atoms with Gasteiger partial charge in [0.15, 0.2) is 5.54 Å². The molecule has 0 radical (unpaired) electrons. The highest BCUT2D eigenvalue weighted by atomic mass is 32.1. The summed E-state index contributed by atoms with van der Waals surface area (Å²) in [5, 5.41) is 21.7. The fourth-order valence-corrected chi connectivity index (χ4v) is 5.64. The number of piperidine rings is 1. The zero-order valence-corrected chi connectivity index (χ0v) is 17.8. The molecule has 3 aromatic rings. The van der Waals surface area contributed by atoms with Crippen LogP contribution in [-0.4, -0.2) is 39.9 Å². The van der Waals surface area contributed by atoms with Gasteiger partial charge in [-0.3, -0.25) is 9.69 Å². The molecule has 1 amide bonds. The third-order valence-corrected chi connectivity index (χ3v) is 6.91. The van der Waals surface area contributed by atoms with Crippen LogP contribution < -0.4 is 11.1 Å². The zero-order chi connectivity index (χ0) is 21.1. The monoisotopic (exact) mass is 424 g/mol. The van der Waals surface area contributed by atoms with Crippen LogP contribution in [0, 0.1) is 13.8 Å². The summed E-state index contributed by atoms with van der Waals surface area (Å²) in [6.07, 6.45) is 1.22. The number of nitrogens with one attached hydrogen (secondary N) is 1. The largest absolute Gasteiger partial charge is 0.375 e. The van der Waals surface area contributed by atoms with Gasteiger partial charge in [0, 0.05) is 29.9 Å². The van der Waals surface area contributed by atoms with Crippen LogP contribution in [0.15, 0.2) is 39.5 Å². The molecular weight excluding hydrogens is 400 g/mol. The van der Waals surface area contributed by atoms with Crippen molar-refractivity contribution in [1.82, 2.24) is 10.1 Å². The summed E-state index contributed by atoms with van der Waals surface area (Å²) in [6, 6.07) is 7.93. The number of rotatable bonds is 3. The molecule has 0 spiro atoms. The molecule has 0 bridgehead atoms. The van der Waals surface area contributed by atoms with E-state index in [1.165, 1.54) is 0 Å². The maximum absolute atomic E-state index is 13.6. The van der Waals surface area contributed by atoms with E-state index >= 15 is 0 Å². The molecule has 30 heavy (non-hydrogen) atoms. The molecule has 1 aromatic carbocycles. The van der Waals surface area contributed by atoms with Crippen LogP contribution in [0.25, 0.3) is 11.1 Å². The lowest BCUT2D eigenvalue weighted by Gasteiger charge is -2.46. The van der Waals surface area contributed by atoms with Gasteiger partial charge < -0.3 is 20.7 Å². The van der Waals surface area contributed by atoms with Crippen LogP contribution >= 0.6 is 11.3 Å². The molecule has 2 aliphatic rings. The van der Waals surface area contributed by atoms with E-state index in [2.05, 4.69) is 10.5 Å². The van der Waals surface area contributed by atoms with Crippen LogP contribution in [0.4, 0.5) is 5.69 Å². The van der Waals surface area contributed by atoms with E-state index < -0.39 is 11.3 Å². The van der Waals surface area contributed by atoms with Gasteiger partial charge >= 0.3 is 0 Å². The fourth-order valence-electron chi connectivity index (χ4n) is 4.94. The maximum atomic E-state index is 13.6. The van der Waals surface area contributed by atoms with Gasteiger partial charge in [-0.05, 0) is 66.8 Å². The maximum Gasteiger partial charge on any atom is 0.254 e. The Balaban J connectivity index is 1.74. The van der Waals surface area contributed by atoms with Crippen LogP contribution in [0.2, 0.25) is 0 Å². The minimum atomic E-state index is -1.33. The van der Waals surface area contributed by atoms with Crippen molar-refractivity contribution in [3.8, 4) is 11.1 Å². The van der Waals surface area contributed by atoms with E-state index in [1.54, 1.807) is 11.3 Å². The van der Waals surface area contributed by atoms with Crippen LogP contribution in [0.1, 0.15) is 35.4 Å². The Labute approximate surface area is 178 Å². The first-order valence-corrected chi connectivity index (χ1v) is 11.0. The Morgan fingerprint density at radius 3 is 2.83 bits per heavy atom. The second-order valence-corrected chi connectivity index (χ2v) is 9.04. The molecular formula is C22H24N4O3S. The summed E-state index contributed by atoms with van der Waals surface area (Å²) in [5.74, 6) is 0.615. The number of β-amino-alcohol motifs (C(OH)–C–C–N with tert-alkyl or cyclic N) is 1. The number of likely N-dealkylation sites (tertiary alicyclic amines) is 1. The summed E-state index contributed by atoms with van der Waals surface area (Å²) in [4.78, 5) is 15.6. The number of amides is 1. The SMILES string of the molecule is Cc1noc(C)c1-c1ccc2c(c1)C(c1ccsc1)(N1CCC[C@](N)(O)C1)C(=O)N2. The number of hydrogen-bond acceptors (Lipinski definition) is 7. The van der Waals surface area contributed by atoms with Gasteiger partial charge in [-0.25, -0.2) is 0 Å². The van der Waals surface area contributed by atoms with Gasteiger partial charge in [-0.1, -0.05) is 11.2 Å². The number of anilines is 1. The zero-order valence-electron chi connectivity index (χ0n) is 16.9. The minimum Gasteiger partial charge on any atom is -0.375 e. The summed E-state index contributed by atoms with van der Waals surface area (Å²) in [7, 11) is 0. The minimum absolute atomic E-state index is 0.121. The predicted molar refractivity (Wildman–Crippen MR) is 115 cm³/mol. The highest BCUT2D eigenvalue weighted by Gasteiger charge is 2.55. The standard InChI is InChI=1S/C22H24N4O3S/c1-13-19(14(2)29-25-13)15-4-5-18-17(10-15)22(20(27)24-18,16-6-9-30-11-16)26-8-3-7-21(23,28)12-26/h4-6,9-11,28H,3,7-8,12,23H2,1-2H3,(H,24,27)/t21-,22?/m0/s1. The number of aliphatic hydroxyl groups is 1. The number of hydrogen-bond donors (Lipinski definition) is 3. The quantitative estimate of drug-likeness (QED) is 0.559. The molecule has 2 aromatic heterocycles. The van der Waals surface area contributed by atoms with E-state index in [4.69, 9.17) is 10.3 Å². The molecule has 0 aliphatic carbocycles. The average Bonchev–Trinajstić information content (AvgIpc) is 3.39. The molecule has 7 nitrogen and oxygen atoms in total. The number of carbonyl (C=O) groups excluding carboxylic acids is 1. The third-order valence-electron chi connectivity index (χ3n) is 6.22. The van der Waals surface area contributed by atoms with Gasteiger partial charge in [0.2, 0.25) is 0 Å². The number of nitrogens with zero attached hydrogens (tertiary/aromatic N) is 2. The van der Waals surface area contributed by atoms with Crippen LogP contribution in [0.3, 0.4) is 0 Å². The van der Waals surface area contributed by atoms with E-state index in [0.717, 1.165) is 39.4 Å². The molecule has 1 saturated heterocycles. The van der Waals surface area contributed by atoms with E-state index in [9.17, 15) is 9.90 Å². The molecule has 1 unspecified atom stereocenters. The average molecular weight is 425 g/mol. The molecule has 4 N–H and O–H groups in total. The van der Waals surface area contributed by atoms with Gasteiger partial charge in [0.25, 0.3) is 5.91 Å². The highest BCUT2D eigenvalue weighted by molar-refractivity contribution is 7.08.